The van der Waals surface area contributed by atoms with E-state index < -0.39 is 32.5 Å². The fraction of sp³-hybridized carbons (Fsp3) is 0.787. The molecule has 0 aliphatic heterocycles. The summed E-state index contributed by atoms with van der Waals surface area (Å²) in [4.78, 5) is 42.9. The number of phosphoric acid groups is 1. The molecule has 0 bridgehead atoms. The van der Waals surface area contributed by atoms with Crippen molar-refractivity contribution in [2.24, 2.45) is 0 Å². The van der Waals surface area contributed by atoms with Gasteiger partial charge in [-0.2, -0.15) is 0 Å². The van der Waals surface area contributed by atoms with Gasteiger partial charge in [0.05, 0.1) is 12.7 Å². The zero-order chi connectivity index (χ0) is 41.9. The Morgan fingerprint density at radius 1 is 0.544 bits per heavy atom. The molecule has 0 saturated heterocycles. The maximum atomic E-state index is 12.4. The predicted molar refractivity (Wildman–Crippen MR) is 236 cm³/mol. The Morgan fingerprint density at radius 2 is 1.00 bits per heavy atom. The SMILES string of the molecule is CCCCCCCCCCCCCCCCCCCCCCCC(=O)OC[C@H](COP(=O)(O)O)OC(=O)CCC/C=C\C/C=C\C/C=C\C=C\[C@@H](O)CCCCC. The summed E-state index contributed by atoms with van der Waals surface area (Å²) >= 11 is 0. The van der Waals surface area contributed by atoms with Crippen molar-refractivity contribution < 1.29 is 43.0 Å². The minimum absolute atomic E-state index is 0.117. The molecule has 0 unspecified atom stereocenters. The minimum Gasteiger partial charge on any atom is -0.462 e. The molecule has 2 atom stereocenters. The third-order valence-corrected chi connectivity index (χ3v) is 10.4. The van der Waals surface area contributed by atoms with Crippen LogP contribution in [0.2, 0.25) is 0 Å². The van der Waals surface area contributed by atoms with Crippen molar-refractivity contribution in [3.63, 3.8) is 0 Å². The van der Waals surface area contributed by atoms with Gasteiger partial charge in [-0.15, -0.1) is 0 Å². The molecule has 332 valence electrons. The fourth-order valence-electron chi connectivity index (χ4n) is 6.48. The van der Waals surface area contributed by atoms with E-state index >= 15 is 0 Å². The highest BCUT2D eigenvalue weighted by atomic mass is 31.2. The van der Waals surface area contributed by atoms with E-state index in [1.807, 2.05) is 36.5 Å². The zero-order valence-electron chi connectivity index (χ0n) is 36.3. The van der Waals surface area contributed by atoms with E-state index in [2.05, 4.69) is 30.5 Å². The number of carbonyl (C=O) groups excluding carboxylic acids is 2. The van der Waals surface area contributed by atoms with Gasteiger partial charge < -0.3 is 24.4 Å². The maximum absolute atomic E-state index is 12.4. The zero-order valence-corrected chi connectivity index (χ0v) is 37.2. The number of carbonyl (C=O) groups is 2. The largest absolute Gasteiger partial charge is 0.469 e. The summed E-state index contributed by atoms with van der Waals surface area (Å²) in [6, 6.07) is 0. The highest BCUT2D eigenvalue weighted by Gasteiger charge is 2.22. The molecule has 0 amide bonds. The van der Waals surface area contributed by atoms with Crippen molar-refractivity contribution in [2.75, 3.05) is 13.2 Å². The van der Waals surface area contributed by atoms with Crippen LogP contribution in [0.1, 0.15) is 213 Å². The summed E-state index contributed by atoms with van der Waals surface area (Å²) in [5.74, 6) is -0.970. The van der Waals surface area contributed by atoms with Gasteiger partial charge in [-0.3, -0.25) is 14.1 Å². The molecule has 0 fully saturated rings. The number of ether oxygens (including phenoxy) is 2. The number of aliphatic hydroxyl groups excluding tert-OH is 1. The summed E-state index contributed by atoms with van der Waals surface area (Å²) < 4.78 is 26.4. The van der Waals surface area contributed by atoms with Crippen LogP contribution >= 0.6 is 7.82 Å². The van der Waals surface area contributed by atoms with Crippen molar-refractivity contribution in [3.8, 4) is 0 Å². The van der Waals surface area contributed by atoms with E-state index in [1.165, 1.54) is 116 Å². The number of esters is 2. The fourth-order valence-corrected chi connectivity index (χ4v) is 6.84. The summed E-state index contributed by atoms with van der Waals surface area (Å²) in [5, 5.41) is 9.88. The molecular formula is C47H85O9P. The molecule has 10 heteroatoms. The van der Waals surface area contributed by atoms with E-state index in [0.717, 1.165) is 51.4 Å². The van der Waals surface area contributed by atoms with Gasteiger partial charge in [-0.1, -0.05) is 210 Å². The molecule has 0 aliphatic rings. The monoisotopic (exact) mass is 825 g/mol. The Balaban J connectivity index is 3.96. The van der Waals surface area contributed by atoms with Crippen molar-refractivity contribution in [3.05, 3.63) is 48.6 Å². The van der Waals surface area contributed by atoms with Gasteiger partial charge in [0.25, 0.3) is 0 Å². The first-order valence-electron chi connectivity index (χ1n) is 23.0. The Bertz CT molecular complexity index is 1080. The lowest BCUT2D eigenvalue weighted by molar-refractivity contribution is -0.161. The quantitative estimate of drug-likeness (QED) is 0.0180. The van der Waals surface area contributed by atoms with Crippen molar-refractivity contribution in [1.29, 1.82) is 0 Å². The molecule has 57 heavy (non-hydrogen) atoms. The number of aliphatic hydroxyl groups is 1. The minimum atomic E-state index is -4.78. The lowest BCUT2D eigenvalue weighted by atomic mass is 10.0. The second-order valence-corrected chi connectivity index (χ2v) is 16.8. The highest BCUT2D eigenvalue weighted by Crippen LogP contribution is 2.36. The van der Waals surface area contributed by atoms with Crippen LogP contribution in [0.3, 0.4) is 0 Å². The van der Waals surface area contributed by atoms with Crippen LogP contribution < -0.4 is 0 Å². The van der Waals surface area contributed by atoms with Crippen molar-refractivity contribution in [1.82, 2.24) is 0 Å². The Morgan fingerprint density at radius 3 is 1.53 bits per heavy atom. The Labute approximate surface area is 348 Å². The third kappa shape index (κ3) is 44.9. The summed E-state index contributed by atoms with van der Waals surface area (Å²) in [5.41, 5.74) is 0. The smallest absolute Gasteiger partial charge is 0.462 e. The molecule has 0 saturated carbocycles. The molecular weight excluding hydrogens is 739 g/mol. The standard InChI is InChI=1S/C47H85O9P/c1-3-5-7-8-9-10-11-12-13-14-15-16-17-18-19-20-23-26-29-32-36-40-46(49)54-42-45(43-55-57(51,52)53)56-47(50)41-37-33-30-27-24-21-22-25-28-31-35-39-44(48)38-34-6-4-2/h21-22,27-28,30-31,35,39,44-45,48H,3-20,23-26,29,32-34,36-38,40-43H2,1-2H3,(H2,51,52,53)/b22-21-,30-27-,31-28-,39-35+/t44-,45+/m0/s1. The van der Waals surface area contributed by atoms with Crippen LogP contribution in [0.25, 0.3) is 0 Å². The molecule has 0 spiro atoms. The lowest BCUT2D eigenvalue weighted by Crippen LogP contribution is -2.29. The van der Waals surface area contributed by atoms with Crippen LogP contribution in [-0.4, -0.2) is 52.3 Å². The van der Waals surface area contributed by atoms with E-state index in [9.17, 15) is 19.3 Å². The van der Waals surface area contributed by atoms with Crippen LogP contribution in [0.5, 0.6) is 0 Å². The highest BCUT2D eigenvalue weighted by molar-refractivity contribution is 7.46. The first-order chi connectivity index (χ1) is 27.7. The summed E-state index contributed by atoms with van der Waals surface area (Å²) in [6.45, 7) is 3.54. The molecule has 9 nitrogen and oxygen atoms in total. The molecule has 0 aromatic carbocycles. The third-order valence-electron chi connectivity index (χ3n) is 9.95. The van der Waals surface area contributed by atoms with Gasteiger partial charge in [0.15, 0.2) is 6.10 Å². The van der Waals surface area contributed by atoms with Crippen LogP contribution in [0.4, 0.5) is 0 Å². The second kappa shape index (κ2) is 42.1. The normalized spacial score (nSPS) is 13.4. The van der Waals surface area contributed by atoms with Crippen molar-refractivity contribution in [2.45, 2.75) is 225 Å². The molecule has 3 N–H and O–H groups in total. The lowest BCUT2D eigenvalue weighted by Gasteiger charge is -2.18. The molecule has 0 aromatic rings. The van der Waals surface area contributed by atoms with Gasteiger partial charge in [0.2, 0.25) is 0 Å². The molecule has 0 aromatic heterocycles. The molecule has 0 rings (SSSR count). The number of rotatable bonds is 42. The molecule has 0 aliphatic carbocycles. The van der Waals surface area contributed by atoms with Crippen molar-refractivity contribution >= 4 is 19.8 Å². The van der Waals surface area contributed by atoms with Crippen LogP contribution in [0.15, 0.2) is 48.6 Å². The first kappa shape index (κ1) is 55.0. The van der Waals surface area contributed by atoms with E-state index in [4.69, 9.17) is 19.3 Å². The molecule has 0 radical (unpaired) electrons. The van der Waals surface area contributed by atoms with E-state index in [1.54, 1.807) is 0 Å². The number of hydrogen-bond donors (Lipinski definition) is 3. The number of unbranched alkanes of at least 4 members (excludes halogenated alkanes) is 23. The topological polar surface area (TPSA) is 140 Å². The first-order valence-corrected chi connectivity index (χ1v) is 24.6. The van der Waals surface area contributed by atoms with Gasteiger partial charge in [0.1, 0.15) is 6.61 Å². The number of hydrogen-bond acceptors (Lipinski definition) is 7. The van der Waals surface area contributed by atoms with Gasteiger partial charge in [0, 0.05) is 12.8 Å². The number of phosphoric ester groups is 1. The predicted octanol–water partition coefficient (Wildman–Crippen LogP) is 13.3. The number of allylic oxidation sites excluding steroid dienone is 7. The van der Waals surface area contributed by atoms with Crippen LogP contribution in [-0.2, 0) is 28.2 Å². The van der Waals surface area contributed by atoms with Crippen LogP contribution in [0, 0.1) is 0 Å². The van der Waals surface area contributed by atoms with Gasteiger partial charge in [-0.25, -0.2) is 4.57 Å². The van der Waals surface area contributed by atoms with Gasteiger partial charge >= 0.3 is 19.8 Å². The summed E-state index contributed by atoms with van der Waals surface area (Å²) in [7, 11) is -4.78. The van der Waals surface area contributed by atoms with E-state index in [-0.39, 0.29) is 25.6 Å². The second-order valence-electron chi connectivity index (χ2n) is 15.6. The van der Waals surface area contributed by atoms with E-state index in [0.29, 0.717) is 19.3 Å². The average molecular weight is 825 g/mol. The Kier molecular flexibility index (Phi) is 40.6. The van der Waals surface area contributed by atoms with Gasteiger partial charge in [-0.05, 0) is 38.5 Å². The maximum Gasteiger partial charge on any atom is 0.469 e. The average Bonchev–Trinajstić information content (AvgIpc) is 3.18. The Hall–Kier alpha value is -2.03. The summed E-state index contributed by atoms with van der Waals surface area (Å²) in [6.07, 6.45) is 48.9. The molecule has 0 heterocycles.